The highest BCUT2D eigenvalue weighted by atomic mass is 28.5. The van der Waals surface area contributed by atoms with Crippen molar-refractivity contribution in [3.05, 3.63) is 59.9 Å². The van der Waals surface area contributed by atoms with Crippen molar-refractivity contribution in [2.45, 2.75) is 84.0 Å². The van der Waals surface area contributed by atoms with E-state index in [2.05, 4.69) is 45.8 Å². The number of unbranched alkanes of at least 4 members (excludes halogenated alkanes) is 4. The van der Waals surface area contributed by atoms with E-state index in [9.17, 15) is 9.18 Å². The highest BCUT2D eigenvalue weighted by molar-refractivity contribution is 6.87. The maximum atomic E-state index is 13.0. The Hall–Kier alpha value is -1.79. The second-order valence-electron chi connectivity index (χ2n) is 11.3. The third-order valence-corrected chi connectivity index (χ3v) is 14.8. The highest BCUT2D eigenvalue weighted by Gasteiger charge is 2.39. The summed E-state index contributed by atoms with van der Waals surface area (Å²) in [5.41, 5.74) is 0.415. The van der Waals surface area contributed by atoms with Crippen molar-refractivity contribution in [2.24, 2.45) is 0 Å². The van der Waals surface area contributed by atoms with Gasteiger partial charge >= 0.3 is 14.5 Å². The van der Waals surface area contributed by atoms with Gasteiger partial charge in [0.15, 0.2) is 16.6 Å². The normalized spacial score (nSPS) is 12.4. The van der Waals surface area contributed by atoms with Crippen LogP contribution >= 0.6 is 0 Å². The molecule has 2 aromatic carbocycles. The Labute approximate surface area is 219 Å². The SMILES string of the molecule is C[Si](C)(C)O[Si](C)(CCCCCCCOc1ccc(C(=O)Oc2ccc(F)cc2)cc1)O[Si](C)(C)C. The number of esters is 1. The summed E-state index contributed by atoms with van der Waals surface area (Å²) in [7, 11) is -5.40. The number of carbonyl (C=O) groups is 1. The minimum Gasteiger partial charge on any atom is -0.494 e. The number of carbonyl (C=O) groups excluding carboxylic acids is 1. The van der Waals surface area contributed by atoms with Gasteiger partial charge in [0.25, 0.3) is 0 Å². The predicted molar refractivity (Wildman–Crippen MR) is 152 cm³/mol. The molecule has 0 saturated heterocycles. The Kier molecular flexibility index (Phi) is 11.6. The quantitative estimate of drug-likeness (QED) is 0.0969. The fraction of sp³-hybridized carbons (Fsp3) is 0.519. The van der Waals surface area contributed by atoms with Gasteiger partial charge in [-0.1, -0.05) is 25.7 Å². The first-order valence-corrected chi connectivity index (χ1v) is 22.2. The summed E-state index contributed by atoms with van der Waals surface area (Å²) in [5, 5.41) is 0. The van der Waals surface area contributed by atoms with Crippen LogP contribution in [0.25, 0.3) is 0 Å². The molecule has 2 aromatic rings. The van der Waals surface area contributed by atoms with Crippen molar-refractivity contribution in [2.75, 3.05) is 6.61 Å². The molecule has 200 valence electrons. The Morgan fingerprint density at radius 1 is 0.694 bits per heavy atom. The van der Waals surface area contributed by atoms with Crippen LogP contribution in [0.15, 0.2) is 48.5 Å². The molecule has 0 fully saturated rings. The van der Waals surface area contributed by atoms with Crippen molar-refractivity contribution in [3.63, 3.8) is 0 Å². The topological polar surface area (TPSA) is 54.0 Å². The van der Waals surface area contributed by atoms with Crippen molar-refractivity contribution in [1.29, 1.82) is 0 Å². The number of ether oxygens (including phenoxy) is 2. The largest absolute Gasteiger partial charge is 0.494 e. The molecule has 0 aromatic heterocycles. The summed E-state index contributed by atoms with van der Waals surface area (Å²) in [6, 6.07) is 13.3. The third-order valence-electron chi connectivity index (χ3n) is 5.20. The first-order valence-electron chi connectivity index (χ1n) is 12.9. The molecule has 0 aliphatic rings. The lowest BCUT2D eigenvalue weighted by Gasteiger charge is -2.38. The molecular weight excluding hydrogens is 508 g/mol. The molecule has 2 rings (SSSR count). The molecule has 0 aliphatic heterocycles. The van der Waals surface area contributed by atoms with Gasteiger partial charge in [0, 0.05) is 0 Å². The standard InChI is InChI=1S/C27H43FO5Si3/c1-34(2,3)32-36(7,33-35(4,5)6)22-12-10-8-9-11-21-30-25-17-13-23(14-18-25)27(29)31-26-19-15-24(28)16-20-26/h13-20H,8-12,21-22H2,1-7H3. The molecule has 0 N–H and O–H groups in total. The fourth-order valence-electron chi connectivity index (χ4n) is 4.04. The van der Waals surface area contributed by atoms with Crippen LogP contribution in [0.3, 0.4) is 0 Å². The maximum Gasteiger partial charge on any atom is 0.343 e. The van der Waals surface area contributed by atoms with Crippen molar-refractivity contribution >= 4 is 31.2 Å². The van der Waals surface area contributed by atoms with E-state index in [1.165, 1.54) is 37.1 Å². The minimum atomic E-state index is -2.13. The van der Waals surface area contributed by atoms with Crippen LogP contribution in [0, 0.1) is 5.82 Å². The lowest BCUT2D eigenvalue weighted by molar-refractivity contribution is 0.0734. The van der Waals surface area contributed by atoms with E-state index >= 15 is 0 Å². The molecule has 0 spiro atoms. The summed E-state index contributed by atoms with van der Waals surface area (Å²) >= 11 is 0. The molecular formula is C27H43FO5Si3. The van der Waals surface area contributed by atoms with E-state index < -0.39 is 31.2 Å². The smallest absolute Gasteiger partial charge is 0.343 e. The molecule has 0 saturated carbocycles. The lowest BCUT2D eigenvalue weighted by atomic mass is 10.2. The molecule has 0 heterocycles. The molecule has 9 heteroatoms. The lowest BCUT2D eigenvalue weighted by Crippen LogP contribution is -2.52. The molecule has 5 nitrogen and oxygen atoms in total. The third kappa shape index (κ3) is 12.4. The molecule has 0 radical (unpaired) electrons. The van der Waals surface area contributed by atoms with E-state index in [1.807, 2.05) is 0 Å². The number of rotatable bonds is 15. The van der Waals surface area contributed by atoms with E-state index in [1.54, 1.807) is 24.3 Å². The second-order valence-corrected chi connectivity index (χ2v) is 24.1. The molecule has 0 bridgehead atoms. The van der Waals surface area contributed by atoms with Gasteiger partial charge in [-0.05, 0) is 107 Å². The first kappa shape index (κ1) is 30.4. The predicted octanol–water partition coefficient (Wildman–Crippen LogP) is 8.15. The van der Waals surface area contributed by atoms with Crippen molar-refractivity contribution in [1.82, 2.24) is 0 Å². The second kappa shape index (κ2) is 13.7. The van der Waals surface area contributed by atoms with Gasteiger partial charge in [-0.15, -0.1) is 0 Å². The van der Waals surface area contributed by atoms with Crippen LogP contribution in [0.1, 0.15) is 42.5 Å². The molecule has 0 aliphatic carbocycles. The van der Waals surface area contributed by atoms with Crippen molar-refractivity contribution in [3.8, 4) is 11.5 Å². The number of hydrogen-bond donors (Lipinski definition) is 0. The van der Waals surface area contributed by atoms with E-state index in [0.29, 0.717) is 17.9 Å². The van der Waals surface area contributed by atoms with Gasteiger partial charge in [-0.3, -0.25) is 0 Å². The Balaban J connectivity index is 1.65. The van der Waals surface area contributed by atoms with Crippen LogP contribution in [-0.4, -0.2) is 37.8 Å². The monoisotopic (exact) mass is 550 g/mol. The average Bonchev–Trinajstić information content (AvgIpc) is 2.75. The van der Waals surface area contributed by atoms with Crippen LogP contribution in [0.5, 0.6) is 11.5 Å². The Morgan fingerprint density at radius 2 is 1.19 bits per heavy atom. The van der Waals surface area contributed by atoms with E-state index in [-0.39, 0.29) is 5.82 Å². The summed E-state index contributed by atoms with van der Waals surface area (Å²) in [5.74, 6) is 0.167. The molecule has 36 heavy (non-hydrogen) atoms. The van der Waals surface area contributed by atoms with Crippen LogP contribution in [-0.2, 0) is 8.23 Å². The Morgan fingerprint density at radius 3 is 1.75 bits per heavy atom. The Bertz CT molecular complexity index is 922. The van der Waals surface area contributed by atoms with Crippen LogP contribution in [0.4, 0.5) is 4.39 Å². The van der Waals surface area contributed by atoms with Crippen molar-refractivity contribution < 1.29 is 26.9 Å². The van der Waals surface area contributed by atoms with Crippen LogP contribution < -0.4 is 9.47 Å². The maximum absolute atomic E-state index is 13.0. The van der Waals surface area contributed by atoms with Gasteiger partial charge in [-0.2, -0.15) is 0 Å². The fourth-order valence-corrected chi connectivity index (χ4v) is 16.7. The van der Waals surface area contributed by atoms with Gasteiger partial charge in [0.2, 0.25) is 0 Å². The van der Waals surface area contributed by atoms with E-state index in [4.69, 9.17) is 17.7 Å². The van der Waals surface area contributed by atoms with Gasteiger partial charge < -0.3 is 17.7 Å². The minimum absolute atomic E-state index is 0.306. The van der Waals surface area contributed by atoms with Crippen LogP contribution in [0.2, 0.25) is 51.9 Å². The molecule has 0 amide bonds. The van der Waals surface area contributed by atoms with Gasteiger partial charge in [0.05, 0.1) is 12.2 Å². The summed E-state index contributed by atoms with van der Waals surface area (Å²) < 4.78 is 37.2. The highest BCUT2D eigenvalue weighted by Crippen LogP contribution is 2.26. The number of halogens is 1. The van der Waals surface area contributed by atoms with E-state index in [0.717, 1.165) is 31.1 Å². The zero-order valence-electron chi connectivity index (χ0n) is 23.0. The average molecular weight is 551 g/mol. The number of benzene rings is 2. The first-order chi connectivity index (χ1) is 16.7. The summed E-state index contributed by atoms with van der Waals surface area (Å²) in [6.07, 6.45) is 5.59. The molecule has 0 atom stereocenters. The summed E-state index contributed by atoms with van der Waals surface area (Å²) in [4.78, 5) is 12.2. The van der Waals surface area contributed by atoms with Gasteiger partial charge in [-0.25, -0.2) is 9.18 Å². The number of hydrogen-bond acceptors (Lipinski definition) is 5. The zero-order valence-corrected chi connectivity index (χ0v) is 26.0. The molecule has 0 unspecified atom stereocenters. The van der Waals surface area contributed by atoms with Gasteiger partial charge in [0.1, 0.15) is 17.3 Å². The summed E-state index contributed by atoms with van der Waals surface area (Å²) in [6.45, 7) is 16.4. The zero-order chi connectivity index (χ0) is 26.8.